The summed E-state index contributed by atoms with van der Waals surface area (Å²) in [5.74, 6) is -0.112. The summed E-state index contributed by atoms with van der Waals surface area (Å²) in [4.78, 5) is 15.8. The van der Waals surface area contributed by atoms with Gasteiger partial charge >= 0.3 is 0 Å². The molecule has 4 nitrogen and oxygen atoms in total. The van der Waals surface area contributed by atoms with Crippen molar-refractivity contribution in [2.24, 2.45) is 4.99 Å². The molecule has 0 fully saturated rings. The molecule has 2 N–H and O–H groups in total. The molecule has 21 heavy (non-hydrogen) atoms. The number of phenols is 1. The van der Waals surface area contributed by atoms with E-state index in [-0.39, 0.29) is 18.2 Å². The van der Waals surface area contributed by atoms with Gasteiger partial charge in [0.1, 0.15) is 12.3 Å². The number of anilines is 1. The second-order valence-corrected chi connectivity index (χ2v) is 4.90. The summed E-state index contributed by atoms with van der Waals surface area (Å²) in [6, 6.07) is 12.1. The number of amides is 1. The van der Waals surface area contributed by atoms with E-state index in [1.165, 1.54) is 6.21 Å². The molecule has 0 unspecified atom stereocenters. The third kappa shape index (κ3) is 4.07. The van der Waals surface area contributed by atoms with Crippen molar-refractivity contribution >= 4 is 29.4 Å². The van der Waals surface area contributed by atoms with Crippen molar-refractivity contribution in [3.05, 3.63) is 58.6 Å². The SMILES string of the molecule is Cc1c(Cl)cccc1NC(=O)CN=Cc1ccccc1O. The van der Waals surface area contributed by atoms with E-state index < -0.39 is 0 Å². The van der Waals surface area contributed by atoms with Crippen LogP contribution in [-0.2, 0) is 4.79 Å². The number of carbonyl (C=O) groups excluding carboxylic acids is 1. The quantitative estimate of drug-likeness (QED) is 0.850. The zero-order valence-corrected chi connectivity index (χ0v) is 12.3. The number of nitrogens with one attached hydrogen (secondary N) is 1. The predicted octanol–water partition coefficient (Wildman–Crippen LogP) is 3.41. The first-order valence-electron chi connectivity index (χ1n) is 6.40. The Morgan fingerprint density at radius 1 is 1.29 bits per heavy atom. The van der Waals surface area contributed by atoms with Gasteiger partial charge in [0.15, 0.2) is 0 Å². The van der Waals surface area contributed by atoms with Crippen LogP contribution in [0.4, 0.5) is 5.69 Å². The topological polar surface area (TPSA) is 61.7 Å². The number of halogens is 1. The number of rotatable bonds is 4. The number of aliphatic imine (C=N–C) groups is 1. The summed E-state index contributed by atoms with van der Waals surface area (Å²) >= 11 is 5.99. The molecule has 2 aromatic rings. The highest BCUT2D eigenvalue weighted by atomic mass is 35.5. The van der Waals surface area contributed by atoms with Crippen molar-refractivity contribution < 1.29 is 9.90 Å². The fraction of sp³-hybridized carbons (Fsp3) is 0.125. The fourth-order valence-electron chi connectivity index (χ4n) is 1.76. The monoisotopic (exact) mass is 302 g/mol. The highest BCUT2D eigenvalue weighted by Gasteiger charge is 2.05. The highest BCUT2D eigenvalue weighted by molar-refractivity contribution is 6.31. The van der Waals surface area contributed by atoms with Gasteiger partial charge in [0.2, 0.25) is 5.91 Å². The number of nitrogens with zero attached hydrogens (tertiary/aromatic N) is 1. The van der Waals surface area contributed by atoms with Gasteiger partial charge in [0.25, 0.3) is 0 Å². The van der Waals surface area contributed by atoms with Crippen LogP contribution in [0.3, 0.4) is 0 Å². The Kier molecular flexibility index (Phi) is 4.95. The zero-order valence-electron chi connectivity index (χ0n) is 11.5. The summed E-state index contributed by atoms with van der Waals surface area (Å²) < 4.78 is 0. The Morgan fingerprint density at radius 3 is 2.81 bits per heavy atom. The Balaban J connectivity index is 1.97. The number of aromatic hydroxyl groups is 1. The summed E-state index contributed by atoms with van der Waals surface area (Å²) in [5, 5.41) is 12.9. The summed E-state index contributed by atoms with van der Waals surface area (Å²) in [6.45, 7) is 1.81. The van der Waals surface area contributed by atoms with E-state index in [1.807, 2.05) is 6.92 Å². The maximum absolute atomic E-state index is 11.8. The summed E-state index contributed by atoms with van der Waals surface area (Å²) in [6.07, 6.45) is 1.47. The minimum atomic E-state index is -0.243. The molecule has 0 spiro atoms. The van der Waals surface area contributed by atoms with Crippen LogP contribution in [0.25, 0.3) is 0 Å². The van der Waals surface area contributed by atoms with Crippen molar-refractivity contribution in [3.63, 3.8) is 0 Å². The molecule has 0 bridgehead atoms. The molecule has 2 rings (SSSR count). The largest absolute Gasteiger partial charge is 0.507 e. The number of hydrogen-bond acceptors (Lipinski definition) is 3. The van der Waals surface area contributed by atoms with Crippen LogP contribution in [0.1, 0.15) is 11.1 Å². The first-order chi connectivity index (χ1) is 10.1. The van der Waals surface area contributed by atoms with Crippen molar-refractivity contribution in [1.82, 2.24) is 0 Å². The first-order valence-corrected chi connectivity index (χ1v) is 6.78. The minimum Gasteiger partial charge on any atom is -0.507 e. The smallest absolute Gasteiger partial charge is 0.246 e. The van der Waals surface area contributed by atoms with Gasteiger partial charge in [-0.15, -0.1) is 0 Å². The number of phenolic OH excluding ortho intramolecular Hbond substituents is 1. The van der Waals surface area contributed by atoms with Gasteiger partial charge < -0.3 is 10.4 Å². The Morgan fingerprint density at radius 2 is 2.05 bits per heavy atom. The average molecular weight is 303 g/mol. The lowest BCUT2D eigenvalue weighted by Crippen LogP contribution is -2.15. The van der Waals surface area contributed by atoms with E-state index in [4.69, 9.17) is 11.6 Å². The lowest BCUT2D eigenvalue weighted by molar-refractivity contribution is -0.114. The molecule has 0 saturated carbocycles. The van der Waals surface area contributed by atoms with Crippen LogP contribution in [-0.4, -0.2) is 23.8 Å². The van der Waals surface area contributed by atoms with Gasteiger partial charge in [-0.05, 0) is 36.8 Å². The number of para-hydroxylation sites is 1. The number of benzene rings is 2. The summed E-state index contributed by atoms with van der Waals surface area (Å²) in [7, 11) is 0. The van der Waals surface area contributed by atoms with Crippen molar-refractivity contribution in [2.45, 2.75) is 6.92 Å². The number of carbonyl (C=O) groups is 1. The van der Waals surface area contributed by atoms with Crippen LogP contribution in [0.2, 0.25) is 5.02 Å². The number of hydrogen-bond donors (Lipinski definition) is 2. The maximum Gasteiger partial charge on any atom is 0.246 e. The van der Waals surface area contributed by atoms with E-state index in [2.05, 4.69) is 10.3 Å². The second kappa shape index (κ2) is 6.90. The van der Waals surface area contributed by atoms with Crippen LogP contribution in [0.15, 0.2) is 47.5 Å². The van der Waals surface area contributed by atoms with E-state index >= 15 is 0 Å². The molecule has 0 aliphatic rings. The van der Waals surface area contributed by atoms with Crippen LogP contribution in [0.5, 0.6) is 5.75 Å². The third-order valence-corrected chi connectivity index (χ3v) is 3.35. The van der Waals surface area contributed by atoms with Gasteiger partial charge in [0, 0.05) is 22.5 Å². The normalized spacial score (nSPS) is 10.8. The fourth-order valence-corrected chi connectivity index (χ4v) is 1.93. The van der Waals surface area contributed by atoms with E-state index in [0.717, 1.165) is 5.56 Å². The van der Waals surface area contributed by atoms with E-state index in [1.54, 1.807) is 42.5 Å². The van der Waals surface area contributed by atoms with Gasteiger partial charge in [-0.1, -0.05) is 29.8 Å². The molecule has 5 heteroatoms. The molecule has 0 aromatic heterocycles. The van der Waals surface area contributed by atoms with E-state index in [0.29, 0.717) is 16.3 Å². The highest BCUT2D eigenvalue weighted by Crippen LogP contribution is 2.22. The van der Waals surface area contributed by atoms with Gasteiger partial charge in [-0.2, -0.15) is 0 Å². The molecule has 0 saturated heterocycles. The molecular weight excluding hydrogens is 288 g/mol. The second-order valence-electron chi connectivity index (χ2n) is 4.49. The molecule has 0 radical (unpaired) electrons. The first kappa shape index (κ1) is 15.1. The van der Waals surface area contributed by atoms with Crippen molar-refractivity contribution in [2.75, 3.05) is 11.9 Å². The maximum atomic E-state index is 11.8. The molecule has 0 aliphatic heterocycles. The summed E-state index contributed by atoms with van der Waals surface area (Å²) in [5.41, 5.74) is 2.06. The Bertz CT molecular complexity index is 684. The van der Waals surface area contributed by atoms with Crippen LogP contribution in [0, 0.1) is 6.92 Å². The van der Waals surface area contributed by atoms with Crippen LogP contribution < -0.4 is 5.32 Å². The predicted molar refractivity (Wildman–Crippen MR) is 85.4 cm³/mol. The minimum absolute atomic E-state index is 0.0275. The van der Waals surface area contributed by atoms with Gasteiger partial charge in [-0.25, -0.2) is 0 Å². The molecule has 2 aromatic carbocycles. The lowest BCUT2D eigenvalue weighted by Gasteiger charge is -2.08. The molecule has 0 heterocycles. The lowest BCUT2D eigenvalue weighted by atomic mass is 10.2. The zero-order chi connectivity index (χ0) is 15.2. The Hall–Kier alpha value is -2.33. The molecule has 0 atom stereocenters. The van der Waals surface area contributed by atoms with Gasteiger partial charge in [0.05, 0.1) is 0 Å². The van der Waals surface area contributed by atoms with E-state index in [9.17, 15) is 9.90 Å². The standard InChI is InChI=1S/C16H15ClN2O2/c1-11-13(17)6-4-7-14(11)19-16(21)10-18-9-12-5-2-3-8-15(12)20/h2-9,20H,10H2,1H3,(H,19,21). The molecule has 108 valence electrons. The average Bonchev–Trinajstić information content (AvgIpc) is 2.46. The third-order valence-electron chi connectivity index (χ3n) is 2.94. The molecular formula is C16H15ClN2O2. The molecule has 0 aliphatic carbocycles. The van der Waals surface area contributed by atoms with Crippen LogP contribution >= 0.6 is 11.6 Å². The van der Waals surface area contributed by atoms with Gasteiger partial charge in [-0.3, -0.25) is 9.79 Å². The van der Waals surface area contributed by atoms with Crippen molar-refractivity contribution in [3.8, 4) is 5.75 Å². The van der Waals surface area contributed by atoms with Crippen molar-refractivity contribution in [1.29, 1.82) is 0 Å². The molecule has 1 amide bonds. The Labute approximate surface area is 128 Å².